The molecule has 0 N–H and O–H groups in total. The molecular formula is C44H39NO8. The Morgan fingerprint density at radius 3 is 1.89 bits per heavy atom. The van der Waals surface area contributed by atoms with Crippen molar-refractivity contribution in [1.29, 1.82) is 0 Å². The van der Waals surface area contributed by atoms with Crippen LogP contribution < -0.4 is 0 Å². The van der Waals surface area contributed by atoms with Gasteiger partial charge in [-0.15, -0.1) is 0 Å². The molecule has 3 atom stereocenters. The molecule has 5 aromatic carbocycles. The van der Waals surface area contributed by atoms with Gasteiger partial charge in [0.2, 0.25) is 0 Å². The van der Waals surface area contributed by atoms with E-state index in [1.165, 1.54) is 24.3 Å². The zero-order valence-electron chi connectivity index (χ0n) is 29.0. The maximum Gasteiger partial charge on any atom is 0.343 e. The highest BCUT2D eigenvalue weighted by atomic mass is 16.8. The summed E-state index contributed by atoms with van der Waals surface area (Å²) in [4.78, 5) is 24.4. The number of benzene rings is 5. The maximum absolute atomic E-state index is 13.6. The van der Waals surface area contributed by atoms with E-state index in [-0.39, 0.29) is 24.5 Å². The molecule has 0 radical (unpaired) electrons. The molecule has 53 heavy (non-hydrogen) atoms. The SMILES string of the molecule is O=C(OC1=C(c2ccccc2)CCC([C@@]2(c3ccccc3)O[C@@H](COCc3ccccc3)O[C@H]2COCc2ccccc2)=C1)c1ccc([N+](=O)[O-])cc1. The molecule has 0 spiro atoms. The lowest BCUT2D eigenvalue weighted by molar-refractivity contribution is -0.384. The topological polar surface area (TPSA) is 106 Å². The van der Waals surface area contributed by atoms with Crippen LogP contribution in [-0.4, -0.2) is 36.5 Å². The highest BCUT2D eigenvalue weighted by Crippen LogP contribution is 2.50. The number of ether oxygens (including phenoxy) is 5. The van der Waals surface area contributed by atoms with Crippen LogP contribution in [0.15, 0.2) is 163 Å². The number of carbonyl (C=O) groups is 1. The van der Waals surface area contributed by atoms with E-state index in [9.17, 15) is 14.9 Å². The third-order valence-electron chi connectivity index (χ3n) is 9.40. The second kappa shape index (κ2) is 16.8. The molecule has 0 amide bonds. The minimum Gasteiger partial charge on any atom is -0.423 e. The summed E-state index contributed by atoms with van der Waals surface area (Å²) < 4.78 is 32.4. The zero-order chi connectivity index (χ0) is 36.5. The Hall–Kier alpha value is -5.71. The number of nitrogens with zero attached hydrogens (tertiary/aromatic N) is 1. The van der Waals surface area contributed by atoms with Gasteiger partial charge in [-0.25, -0.2) is 4.79 Å². The van der Waals surface area contributed by atoms with Gasteiger partial charge in [-0.1, -0.05) is 121 Å². The Bertz CT molecular complexity index is 2050. The van der Waals surface area contributed by atoms with Crippen LogP contribution >= 0.6 is 0 Å². The Labute approximate surface area is 308 Å². The van der Waals surface area contributed by atoms with E-state index in [2.05, 4.69) is 0 Å². The van der Waals surface area contributed by atoms with E-state index < -0.39 is 28.9 Å². The first-order valence-electron chi connectivity index (χ1n) is 17.6. The number of allylic oxidation sites excluding steroid dienone is 2. The number of nitro groups is 1. The summed E-state index contributed by atoms with van der Waals surface area (Å²) in [6, 6.07) is 45.0. The average Bonchev–Trinajstić information content (AvgIpc) is 3.58. The van der Waals surface area contributed by atoms with Gasteiger partial charge in [-0.3, -0.25) is 10.1 Å². The highest BCUT2D eigenvalue weighted by molar-refractivity contribution is 5.91. The van der Waals surface area contributed by atoms with Gasteiger partial charge in [0.25, 0.3) is 5.69 Å². The van der Waals surface area contributed by atoms with E-state index in [1.807, 2.05) is 127 Å². The third-order valence-corrected chi connectivity index (χ3v) is 9.40. The Balaban J connectivity index is 1.26. The number of non-ortho nitro benzene ring substituents is 1. The minimum absolute atomic E-state index is 0.114. The molecule has 2 aliphatic rings. The van der Waals surface area contributed by atoms with E-state index in [0.717, 1.165) is 33.4 Å². The van der Waals surface area contributed by atoms with Crippen molar-refractivity contribution in [1.82, 2.24) is 0 Å². The number of hydrogen-bond acceptors (Lipinski definition) is 8. The highest BCUT2D eigenvalue weighted by Gasteiger charge is 2.54. The van der Waals surface area contributed by atoms with E-state index in [1.54, 1.807) is 0 Å². The van der Waals surface area contributed by atoms with Crippen LogP contribution in [0.2, 0.25) is 0 Å². The van der Waals surface area contributed by atoms with Gasteiger partial charge in [-0.05, 0) is 58.9 Å². The van der Waals surface area contributed by atoms with Crippen molar-refractivity contribution in [3.63, 3.8) is 0 Å². The predicted molar refractivity (Wildman–Crippen MR) is 199 cm³/mol. The number of rotatable bonds is 14. The minimum atomic E-state index is -1.12. The van der Waals surface area contributed by atoms with Gasteiger partial charge in [0.15, 0.2) is 6.29 Å². The predicted octanol–water partition coefficient (Wildman–Crippen LogP) is 8.95. The Morgan fingerprint density at radius 2 is 1.28 bits per heavy atom. The summed E-state index contributed by atoms with van der Waals surface area (Å²) in [6.07, 6.45) is 1.70. The zero-order valence-corrected chi connectivity index (χ0v) is 29.0. The molecule has 1 heterocycles. The van der Waals surface area contributed by atoms with Crippen LogP contribution in [0, 0.1) is 10.1 Å². The van der Waals surface area contributed by atoms with Gasteiger partial charge in [-0.2, -0.15) is 0 Å². The molecule has 7 rings (SSSR count). The Kier molecular flexibility index (Phi) is 11.3. The average molecular weight is 710 g/mol. The summed E-state index contributed by atoms with van der Waals surface area (Å²) in [5.74, 6) is -0.263. The first-order valence-corrected chi connectivity index (χ1v) is 17.6. The maximum atomic E-state index is 13.6. The summed E-state index contributed by atoms with van der Waals surface area (Å²) in [5, 5.41) is 11.3. The summed E-state index contributed by atoms with van der Waals surface area (Å²) in [5.41, 5.74) is 4.53. The first-order chi connectivity index (χ1) is 26.0. The first kappa shape index (κ1) is 35.7. The molecule has 0 saturated carbocycles. The molecule has 9 heteroatoms. The standard InChI is InChI=1S/C44H39NO8/c46-43(35-21-24-38(25-22-35)45(47)48)51-40-27-37(23-26-39(40)34-17-9-3-10-18-34)44(36-19-11-4-12-20-36)41(30-49-28-32-13-5-1-6-14-32)52-42(53-44)31-50-29-33-15-7-2-8-16-33/h1-22,24-25,27,41-42H,23,26,28-31H2/t41-,42-,44+/m0/s1. The summed E-state index contributed by atoms with van der Waals surface area (Å²) >= 11 is 0. The molecule has 1 aliphatic carbocycles. The number of carbonyl (C=O) groups excluding carboxylic acids is 1. The molecule has 9 nitrogen and oxygen atoms in total. The molecule has 0 unspecified atom stereocenters. The molecule has 1 aliphatic heterocycles. The van der Waals surface area contributed by atoms with Crippen molar-refractivity contribution < 1.29 is 33.4 Å². The van der Waals surface area contributed by atoms with Crippen molar-refractivity contribution in [2.24, 2.45) is 0 Å². The van der Waals surface area contributed by atoms with Crippen LogP contribution in [0.5, 0.6) is 0 Å². The van der Waals surface area contributed by atoms with E-state index in [0.29, 0.717) is 31.8 Å². The van der Waals surface area contributed by atoms with Crippen LogP contribution in [-0.2, 0) is 42.5 Å². The second-order valence-corrected chi connectivity index (χ2v) is 12.8. The molecule has 0 aromatic heterocycles. The van der Waals surface area contributed by atoms with Gasteiger partial charge in [0, 0.05) is 17.7 Å². The molecule has 0 bridgehead atoms. The van der Waals surface area contributed by atoms with Gasteiger partial charge in [0.1, 0.15) is 17.5 Å². The summed E-state index contributed by atoms with van der Waals surface area (Å²) in [6.45, 7) is 1.17. The van der Waals surface area contributed by atoms with Crippen LogP contribution in [0.1, 0.15) is 45.5 Å². The number of hydrogen-bond donors (Lipinski definition) is 0. The van der Waals surface area contributed by atoms with Crippen molar-refractivity contribution >= 4 is 17.2 Å². The lowest BCUT2D eigenvalue weighted by atomic mass is 9.76. The summed E-state index contributed by atoms with van der Waals surface area (Å²) in [7, 11) is 0. The lowest BCUT2D eigenvalue weighted by Gasteiger charge is -2.37. The van der Waals surface area contributed by atoms with Crippen molar-refractivity contribution in [2.45, 2.75) is 44.1 Å². The lowest BCUT2D eigenvalue weighted by Crippen LogP contribution is -2.42. The fourth-order valence-corrected chi connectivity index (χ4v) is 6.82. The fourth-order valence-electron chi connectivity index (χ4n) is 6.82. The number of esters is 1. The van der Waals surface area contributed by atoms with Crippen LogP contribution in [0.4, 0.5) is 5.69 Å². The smallest absolute Gasteiger partial charge is 0.343 e. The fraction of sp³-hybridized carbons (Fsp3) is 0.205. The Morgan fingerprint density at radius 1 is 0.717 bits per heavy atom. The van der Waals surface area contributed by atoms with E-state index in [4.69, 9.17) is 23.7 Å². The largest absolute Gasteiger partial charge is 0.423 e. The van der Waals surface area contributed by atoms with Crippen molar-refractivity contribution in [2.75, 3.05) is 13.2 Å². The molecule has 1 fully saturated rings. The van der Waals surface area contributed by atoms with E-state index >= 15 is 0 Å². The number of nitro benzene ring substituents is 1. The van der Waals surface area contributed by atoms with Gasteiger partial charge in [0.05, 0.1) is 36.9 Å². The molecule has 5 aromatic rings. The van der Waals surface area contributed by atoms with Gasteiger partial charge >= 0.3 is 5.97 Å². The molecule has 268 valence electrons. The van der Waals surface area contributed by atoms with Crippen molar-refractivity contribution in [3.8, 4) is 0 Å². The van der Waals surface area contributed by atoms with Crippen molar-refractivity contribution in [3.05, 3.63) is 201 Å². The van der Waals surface area contributed by atoms with Gasteiger partial charge < -0.3 is 23.7 Å². The second-order valence-electron chi connectivity index (χ2n) is 12.8. The molecular weight excluding hydrogens is 670 g/mol. The quantitative estimate of drug-likeness (QED) is 0.0639. The normalized spacial score (nSPS) is 19.8. The third kappa shape index (κ3) is 8.35. The van der Waals surface area contributed by atoms with Crippen LogP contribution in [0.25, 0.3) is 5.57 Å². The molecule has 1 saturated heterocycles. The monoisotopic (exact) mass is 709 g/mol. The van der Waals surface area contributed by atoms with Crippen LogP contribution in [0.3, 0.4) is 0 Å².